The molecule has 2 amide bonds. The monoisotopic (exact) mass is 345 g/mol. The Kier molecular flexibility index (Phi) is 4.08. The van der Waals surface area contributed by atoms with E-state index in [4.69, 9.17) is 4.42 Å². The van der Waals surface area contributed by atoms with Gasteiger partial charge in [0.25, 0.3) is 0 Å². The zero-order valence-electron chi connectivity index (χ0n) is 14.1. The smallest absolute Gasteiger partial charge is 0.318 e. The summed E-state index contributed by atoms with van der Waals surface area (Å²) in [5.74, 6) is 1.37. The van der Waals surface area contributed by atoms with Crippen molar-refractivity contribution in [2.24, 2.45) is 5.92 Å². The van der Waals surface area contributed by atoms with Crippen LogP contribution >= 0.6 is 11.3 Å². The third-order valence-corrected chi connectivity index (χ3v) is 5.82. The van der Waals surface area contributed by atoms with Gasteiger partial charge in [0.15, 0.2) is 0 Å². The first-order valence-electron chi connectivity index (χ1n) is 8.68. The van der Waals surface area contributed by atoms with Crippen LogP contribution in [0.15, 0.2) is 29.0 Å². The van der Waals surface area contributed by atoms with Crippen LogP contribution in [0.25, 0.3) is 0 Å². The second kappa shape index (κ2) is 6.24. The minimum atomic E-state index is -0.0506. The maximum Gasteiger partial charge on any atom is 0.318 e. The number of carbonyl (C=O) groups is 1. The summed E-state index contributed by atoms with van der Waals surface area (Å²) in [4.78, 5) is 20.7. The molecular formula is C18H23N3O2S. The molecular weight excluding hydrogens is 322 g/mol. The lowest BCUT2D eigenvalue weighted by Gasteiger charge is -2.30. The molecule has 0 saturated heterocycles. The highest BCUT2D eigenvalue weighted by molar-refractivity contribution is 7.11. The number of carbonyl (C=O) groups excluding carboxylic acids is 1. The summed E-state index contributed by atoms with van der Waals surface area (Å²) in [5.41, 5.74) is 0. The molecule has 2 aromatic heterocycles. The molecule has 128 valence electrons. The van der Waals surface area contributed by atoms with E-state index in [1.807, 2.05) is 30.2 Å². The number of amides is 2. The fourth-order valence-electron chi connectivity index (χ4n) is 3.21. The number of thiazole rings is 1. The number of aromatic nitrogens is 1. The maximum atomic E-state index is 13.0. The molecule has 2 heterocycles. The van der Waals surface area contributed by atoms with Gasteiger partial charge in [0, 0.05) is 17.1 Å². The third-order valence-electron chi connectivity index (χ3n) is 4.82. The lowest BCUT2D eigenvalue weighted by molar-refractivity contribution is 0.161. The number of nitrogens with one attached hydrogen (secondary N) is 1. The van der Waals surface area contributed by atoms with Crippen LogP contribution in [0.3, 0.4) is 0 Å². The molecule has 0 spiro atoms. The van der Waals surface area contributed by atoms with Gasteiger partial charge in [-0.2, -0.15) is 0 Å². The zero-order chi connectivity index (χ0) is 16.7. The number of nitrogens with zero attached hydrogens (tertiary/aromatic N) is 2. The number of hydrogen-bond acceptors (Lipinski definition) is 4. The molecule has 24 heavy (non-hydrogen) atoms. The minimum Gasteiger partial charge on any atom is -0.467 e. The Morgan fingerprint density at radius 3 is 2.75 bits per heavy atom. The summed E-state index contributed by atoms with van der Waals surface area (Å²) < 4.78 is 5.53. The standard InChI is InChI=1S/C18H23N3O2S/c1-11-10-19-17(24-11)16(13-5-6-13)20-18(22)21(14-7-8-14)12(2)15-4-3-9-23-15/h3-4,9-10,12-14,16H,5-8H2,1-2H3,(H,20,22). The molecule has 2 atom stereocenters. The fraction of sp³-hybridized carbons (Fsp3) is 0.556. The van der Waals surface area contributed by atoms with Crippen LogP contribution < -0.4 is 5.32 Å². The average Bonchev–Trinajstić information content (AvgIpc) is 3.47. The molecule has 2 unspecified atom stereocenters. The molecule has 4 rings (SSSR count). The van der Waals surface area contributed by atoms with Crippen LogP contribution in [-0.2, 0) is 0 Å². The van der Waals surface area contributed by atoms with Gasteiger partial charge in [-0.15, -0.1) is 11.3 Å². The SMILES string of the molecule is Cc1cnc(C(NC(=O)N(C2CC2)C(C)c2ccco2)C2CC2)s1. The first-order chi connectivity index (χ1) is 11.6. The Labute approximate surface area is 146 Å². The summed E-state index contributed by atoms with van der Waals surface area (Å²) in [6.45, 7) is 4.10. The lowest BCUT2D eigenvalue weighted by Crippen LogP contribution is -2.44. The van der Waals surface area contributed by atoms with Gasteiger partial charge in [0.2, 0.25) is 0 Å². The van der Waals surface area contributed by atoms with Crippen LogP contribution in [0, 0.1) is 12.8 Å². The van der Waals surface area contributed by atoms with Crippen molar-refractivity contribution in [1.29, 1.82) is 0 Å². The lowest BCUT2D eigenvalue weighted by atomic mass is 10.2. The van der Waals surface area contributed by atoms with Gasteiger partial charge in [-0.05, 0) is 57.6 Å². The molecule has 0 bridgehead atoms. The highest BCUT2D eigenvalue weighted by Gasteiger charge is 2.41. The van der Waals surface area contributed by atoms with Crippen LogP contribution in [0.1, 0.15) is 60.3 Å². The van der Waals surface area contributed by atoms with E-state index in [2.05, 4.69) is 17.2 Å². The van der Waals surface area contributed by atoms with E-state index in [1.165, 1.54) is 17.7 Å². The van der Waals surface area contributed by atoms with E-state index in [-0.39, 0.29) is 18.1 Å². The van der Waals surface area contributed by atoms with Crippen LogP contribution in [0.5, 0.6) is 0 Å². The third kappa shape index (κ3) is 3.20. The van der Waals surface area contributed by atoms with Crippen molar-refractivity contribution in [1.82, 2.24) is 15.2 Å². The number of aryl methyl sites for hydroxylation is 1. The van der Waals surface area contributed by atoms with Gasteiger partial charge in [0.1, 0.15) is 10.8 Å². The largest absolute Gasteiger partial charge is 0.467 e. The van der Waals surface area contributed by atoms with Crippen LogP contribution in [0.2, 0.25) is 0 Å². The van der Waals surface area contributed by atoms with Gasteiger partial charge in [0.05, 0.1) is 18.3 Å². The van der Waals surface area contributed by atoms with Crippen molar-refractivity contribution in [3.05, 3.63) is 40.2 Å². The van der Waals surface area contributed by atoms with Gasteiger partial charge < -0.3 is 14.6 Å². The van der Waals surface area contributed by atoms with Gasteiger partial charge in [-0.1, -0.05) is 0 Å². The zero-order valence-corrected chi connectivity index (χ0v) is 14.9. The molecule has 0 aliphatic heterocycles. The second-order valence-electron chi connectivity index (χ2n) is 6.90. The van der Waals surface area contributed by atoms with Crippen molar-refractivity contribution in [3.63, 3.8) is 0 Å². The molecule has 5 nitrogen and oxygen atoms in total. The molecule has 2 aliphatic carbocycles. The number of furan rings is 1. The Balaban J connectivity index is 1.52. The first kappa shape index (κ1) is 15.7. The molecule has 0 aromatic carbocycles. The maximum absolute atomic E-state index is 13.0. The molecule has 2 fully saturated rings. The Bertz CT molecular complexity index is 704. The minimum absolute atomic E-state index is 0.00570. The van der Waals surface area contributed by atoms with Crippen molar-refractivity contribution >= 4 is 17.4 Å². The summed E-state index contributed by atoms with van der Waals surface area (Å²) in [6, 6.07) is 4.14. The predicted octanol–water partition coefficient (Wildman–Crippen LogP) is 4.43. The van der Waals surface area contributed by atoms with Crippen molar-refractivity contribution in [3.8, 4) is 0 Å². The second-order valence-corrected chi connectivity index (χ2v) is 8.17. The van der Waals surface area contributed by atoms with E-state index in [1.54, 1.807) is 17.6 Å². The summed E-state index contributed by atoms with van der Waals surface area (Å²) in [5, 5.41) is 4.30. The Hall–Kier alpha value is -1.82. The predicted molar refractivity (Wildman–Crippen MR) is 92.8 cm³/mol. The quantitative estimate of drug-likeness (QED) is 0.842. The normalized spacial score (nSPS) is 19.8. The average molecular weight is 345 g/mol. The van der Waals surface area contributed by atoms with E-state index in [0.29, 0.717) is 12.0 Å². The van der Waals surface area contributed by atoms with Crippen LogP contribution in [0.4, 0.5) is 4.79 Å². The van der Waals surface area contributed by atoms with E-state index >= 15 is 0 Å². The molecule has 2 aliphatic rings. The summed E-state index contributed by atoms with van der Waals surface area (Å²) in [6.07, 6.45) is 8.04. The topological polar surface area (TPSA) is 58.4 Å². The highest BCUT2D eigenvalue weighted by Crippen LogP contribution is 2.43. The first-order valence-corrected chi connectivity index (χ1v) is 9.49. The Morgan fingerprint density at radius 2 is 2.21 bits per heavy atom. The van der Waals surface area contributed by atoms with Gasteiger partial charge in [-0.3, -0.25) is 0 Å². The van der Waals surface area contributed by atoms with E-state index in [9.17, 15) is 4.79 Å². The van der Waals surface area contributed by atoms with Gasteiger partial charge in [-0.25, -0.2) is 9.78 Å². The van der Waals surface area contributed by atoms with Crippen LogP contribution in [-0.4, -0.2) is 22.0 Å². The molecule has 6 heteroatoms. The number of hydrogen-bond donors (Lipinski definition) is 1. The number of rotatable bonds is 6. The summed E-state index contributed by atoms with van der Waals surface area (Å²) >= 11 is 1.69. The van der Waals surface area contributed by atoms with Crippen molar-refractivity contribution in [2.75, 3.05) is 0 Å². The molecule has 2 saturated carbocycles. The highest BCUT2D eigenvalue weighted by atomic mass is 32.1. The summed E-state index contributed by atoms with van der Waals surface area (Å²) in [7, 11) is 0. The molecule has 2 aromatic rings. The van der Waals surface area contributed by atoms with Crippen molar-refractivity contribution < 1.29 is 9.21 Å². The van der Waals surface area contributed by atoms with E-state index < -0.39 is 0 Å². The molecule has 0 radical (unpaired) electrons. The van der Waals surface area contributed by atoms with Gasteiger partial charge >= 0.3 is 6.03 Å². The number of urea groups is 1. The molecule has 1 N–H and O–H groups in total. The van der Waals surface area contributed by atoms with E-state index in [0.717, 1.165) is 23.6 Å². The fourth-order valence-corrected chi connectivity index (χ4v) is 4.13. The Morgan fingerprint density at radius 1 is 1.42 bits per heavy atom. The van der Waals surface area contributed by atoms with Crippen molar-refractivity contribution in [2.45, 2.75) is 57.7 Å².